The number of ether oxygens (including phenoxy) is 2. The van der Waals surface area contributed by atoms with Crippen LogP contribution in [0.1, 0.15) is 36.8 Å². The fraction of sp³-hybridized carbons (Fsp3) is 0.429. The molecule has 0 unspecified atom stereocenters. The lowest BCUT2D eigenvalue weighted by molar-refractivity contribution is -0.149. The fourth-order valence-corrected chi connectivity index (χ4v) is 3.96. The minimum atomic E-state index is -0.888. The number of aromatic nitrogens is 1. The molecule has 1 aliphatic rings. The summed E-state index contributed by atoms with van der Waals surface area (Å²) in [5, 5.41) is 18.8. The van der Waals surface area contributed by atoms with E-state index < -0.39 is 17.0 Å². The molecule has 3 rings (SSSR count). The van der Waals surface area contributed by atoms with E-state index in [9.17, 15) is 9.90 Å². The second-order valence-corrected chi connectivity index (χ2v) is 6.91. The van der Waals surface area contributed by atoms with Gasteiger partial charge < -0.3 is 19.7 Å². The number of hydrogen-bond donors (Lipinski definition) is 2. The number of carbonyl (C=O) groups is 1. The zero-order valence-electron chi connectivity index (χ0n) is 15.4. The average Bonchev–Trinajstić information content (AvgIpc) is 2.73. The number of aliphatic carboxylic acids is 1. The van der Waals surface area contributed by atoms with Gasteiger partial charge in [-0.1, -0.05) is 30.3 Å². The summed E-state index contributed by atoms with van der Waals surface area (Å²) in [5.74, 6) is -0.344. The summed E-state index contributed by atoms with van der Waals surface area (Å²) >= 11 is 0. The van der Waals surface area contributed by atoms with Gasteiger partial charge in [0.15, 0.2) is 0 Å². The normalized spacial score (nSPS) is 25.1. The molecule has 2 N–H and O–H groups in total. The summed E-state index contributed by atoms with van der Waals surface area (Å²) < 4.78 is 11.2. The second kappa shape index (κ2) is 8.06. The lowest BCUT2D eigenvalue weighted by Crippen LogP contribution is -2.45. The SMILES string of the molecule is COC1(c2ccc(OCCO)nc2)CCC(C(=O)O)(c2ccccc2)CC1. The maximum Gasteiger partial charge on any atom is 0.314 e. The van der Waals surface area contributed by atoms with Crippen molar-refractivity contribution in [2.45, 2.75) is 36.7 Å². The van der Waals surface area contributed by atoms with Gasteiger partial charge in [-0.3, -0.25) is 4.79 Å². The van der Waals surface area contributed by atoms with Gasteiger partial charge in [0.05, 0.1) is 17.6 Å². The zero-order chi connectivity index (χ0) is 19.3. The van der Waals surface area contributed by atoms with Crippen LogP contribution in [-0.2, 0) is 20.5 Å². The Labute approximate surface area is 158 Å². The van der Waals surface area contributed by atoms with Gasteiger partial charge >= 0.3 is 5.97 Å². The lowest BCUT2D eigenvalue weighted by Gasteiger charge is -2.44. The Bertz CT molecular complexity index is 752. The number of aliphatic hydroxyl groups is 1. The quantitative estimate of drug-likeness (QED) is 0.778. The first-order chi connectivity index (χ1) is 13.1. The summed E-state index contributed by atoms with van der Waals surface area (Å²) in [6.45, 7) is 0.127. The van der Waals surface area contributed by atoms with E-state index in [1.165, 1.54) is 0 Å². The first kappa shape index (κ1) is 19.3. The molecule has 2 aromatic rings. The number of carboxylic acids is 1. The molecule has 1 aliphatic carbocycles. The van der Waals surface area contributed by atoms with Crippen molar-refractivity contribution in [1.29, 1.82) is 0 Å². The van der Waals surface area contributed by atoms with Crippen molar-refractivity contribution < 1.29 is 24.5 Å². The largest absolute Gasteiger partial charge is 0.481 e. The summed E-state index contributed by atoms with van der Waals surface area (Å²) in [6, 6.07) is 13.1. The van der Waals surface area contributed by atoms with E-state index in [1.807, 2.05) is 36.4 Å². The molecule has 0 bridgehead atoms. The highest BCUT2D eigenvalue weighted by Crippen LogP contribution is 2.49. The van der Waals surface area contributed by atoms with E-state index in [4.69, 9.17) is 14.6 Å². The van der Waals surface area contributed by atoms with Crippen molar-refractivity contribution >= 4 is 5.97 Å². The van der Waals surface area contributed by atoms with E-state index in [0.717, 1.165) is 11.1 Å². The Morgan fingerprint density at radius 3 is 2.30 bits per heavy atom. The van der Waals surface area contributed by atoms with E-state index in [2.05, 4.69) is 4.98 Å². The Hall–Kier alpha value is -2.44. The topological polar surface area (TPSA) is 88.9 Å². The van der Waals surface area contributed by atoms with Crippen molar-refractivity contribution in [3.63, 3.8) is 0 Å². The van der Waals surface area contributed by atoms with Crippen LogP contribution in [0.25, 0.3) is 0 Å². The van der Waals surface area contributed by atoms with E-state index in [-0.39, 0.29) is 13.2 Å². The fourth-order valence-electron chi connectivity index (χ4n) is 3.96. The van der Waals surface area contributed by atoms with Crippen LogP contribution in [0.15, 0.2) is 48.7 Å². The highest BCUT2D eigenvalue weighted by Gasteiger charge is 2.49. The van der Waals surface area contributed by atoms with Crippen LogP contribution in [-0.4, -0.2) is 41.5 Å². The standard InChI is InChI=1S/C21H25NO5/c1-26-21(17-7-8-18(22-15-17)27-14-13-23)11-9-20(10-12-21,19(24)25)16-5-3-2-4-6-16/h2-8,15,23H,9-14H2,1H3,(H,24,25). The Kier molecular flexibility index (Phi) is 5.77. The minimum Gasteiger partial charge on any atom is -0.481 e. The first-order valence-corrected chi connectivity index (χ1v) is 9.11. The molecule has 0 radical (unpaired) electrons. The molecule has 6 heteroatoms. The molecule has 1 heterocycles. The molecule has 6 nitrogen and oxygen atoms in total. The summed E-state index contributed by atoms with van der Waals surface area (Å²) in [4.78, 5) is 16.5. The number of aliphatic hydroxyl groups excluding tert-OH is 1. The van der Waals surface area contributed by atoms with Gasteiger partial charge in [0.1, 0.15) is 6.61 Å². The van der Waals surface area contributed by atoms with Crippen molar-refractivity contribution in [3.05, 3.63) is 59.8 Å². The second-order valence-electron chi connectivity index (χ2n) is 6.91. The van der Waals surface area contributed by atoms with E-state index in [0.29, 0.717) is 31.6 Å². The Morgan fingerprint density at radius 1 is 1.07 bits per heavy atom. The zero-order valence-corrected chi connectivity index (χ0v) is 15.4. The van der Waals surface area contributed by atoms with Crippen LogP contribution in [0.3, 0.4) is 0 Å². The number of carboxylic acid groups (broad SMARTS) is 1. The third-order valence-corrected chi connectivity index (χ3v) is 5.64. The molecule has 1 fully saturated rings. The van der Waals surface area contributed by atoms with Crippen LogP contribution >= 0.6 is 0 Å². The van der Waals surface area contributed by atoms with Crippen LogP contribution in [0.2, 0.25) is 0 Å². The minimum absolute atomic E-state index is 0.0673. The summed E-state index contributed by atoms with van der Waals surface area (Å²) in [6.07, 6.45) is 3.87. The van der Waals surface area contributed by atoms with Gasteiger partial charge in [0.25, 0.3) is 0 Å². The molecular formula is C21H25NO5. The first-order valence-electron chi connectivity index (χ1n) is 9.11. The molecule has 0 atom stereocenters. The van der Waals surface area contributed by atoms with Crippen LogP contribution in [0, 0.1) is 0 Å². The molecule has 27 heavy (non-hydrogen) atoms. The molecular weight excluding hydrogens is 346 g/mol. The maximum atomic E-state index is 12.2. The third-order valence-electron chi connectivity index (χ3n) is 5.64. The molecule has 1 aromatic heterocycles. The monoisotopic (exact) mass is 371 g/mol. The highest BCUT2D eigenvalue weighted by molar-refractivity contribution is 5.81. The Morgan fingerprint density at radius 2 is 1.78 bits per heavy atom. The van der Waals surface area contributed by atoms with E-state index in [1.54, 1.807) is 19.4 Å². The molecule has 144 valence electrons. The van der Waals surface area contributed by atoms with Gasteiger partial charge in [0.2, 0.25) is 5.88 Å². The van der Waals surface area contributed by atoms with Gasteiger partial charge in [0, 0.05) is 24.9 Å². The van der Waals surface area contributed by atoms with Gasteiger partial charge in [-0.05, 0) is 37.3 Å². The van der Waals surface area contributed by atoms with Crippen LogP contribution < -0.4 is 4.74 Å². The predicted molar refractivity (Wildman–Crippen MR) is 99.7 cm³/mol. The maximum absolute atomic E-state index is 12.2. The molecule has 1 saturated carbocycles. The van der Waals surface area contributed by atoms with Crippen molar-refractivity contribution in [2.24, 2.45) is 0 Å². The predicted octanol–water partition coefficient (Wildman–Crippen LogP) is 2.89. The highest BCUT2D eigenvalue weighted by atomic mass is 16.5. The number of hydrogen-bond acceptors (Lipinski definition) is 5. The molecule has 0 saturated heterocycles. The Balaban J connectivity index is 1.83. The molecule has 0 amide bonds. The molecule has 0 spiro atoms. The van der Waals surface area contributed by atoms with Gasteiger partial charge in [-0.15, -0.1) is 0 Å². The summed E-state index contributed by atoms with van der Waals surface area (Å²) in [5.41, 5.74) is 0.304. The van der Waals surface area contributed by atoms with Crippen molar-refractivity contribution in [3.8, 4) is 5.88 Å². The number of methoxy groups -OCH3 is 1. The lowest BCUT2D eigenvalue weighted by atomic mass is 9.64. The number of rotatable bonds is 7. The van der Waals surface area contributed by atoms with E-state index >= 15 is 0 Å². The summed E-state index contributed by atoms with van der Waals surface area (Å²) in [7, 11) is 1.66. The number of nitrogens with zero attached hydrogens (tertiary/aromatic N) is 1. The van der Waals surface area contributed by atoms with Crippen molar-refractivity contribution in [1.82, 2.24) is 4.98 Å². The third kappa shape index (κ3) is 3.68. The van der Waals surface area contributed by atoms with Crippen LogP contribution in [0.5, 0.6) is 5.88 Å². The van der Waals surface area contributed by atoms with Crippen molar-refractivity contribution in [2.75, 3.05) is 20.3 Å². The number of pyridine rings is 1. The molecule has 0 aliphatic heterocycles. The van der Waals surface area contributed by atoms with Gasteiger partial charge in [-0.25, -0.2) is 4.98 Å². The van der Waals surface area contributed by atoms with Gasteiger partial charge in [-0.2, -0.15) is 0 Å². The number of benzene rings is 1. The smallest absolute Gasteiger partial charge is 0.314 e. The molecule has 1 aromatic carbocycles. The average molecular weight is 371 g/mol. The van der Waals surface area contributed by atoms with Crippen LogP contribution in [0.4, 0.5) is 0 Å².